The predicted octanol–water partition coefficient (Wildman–Crippen LogP) is 3.95. The molecule has 1 aromatic carbocycles. The van der Waals surface area contributed by atoms with Gasteiger partial charge >= 0.3 is 0 Å². The lowest BCUT2D eigenvalue weighted by Crippen LogP contribution is -2.55. The summed E-state index contributed by atoms with van der Waals surface area (Å²) in [7, 11) is 0. The lowest BCUT2D eigenvalue weighted by molar-refractivity contribution is 0.0893. The Kier molecular flexibility index (Phi) is 5.83. The summed E-state index contributed by atoms with van der Waals surface area (Å²) in [6.45, 7) is 15.1. The van der Waals surface area contributed by atoms with Gasteiger partial charge in [0.25, 0.3) is 0 Å². The molecule has 3 unspecified atom stereocenters. The highest BCUT2D eigenvalue weighted by Crippen LogP contribution is 2.27. The van der Waals surface area contributed by atoms with Crippen LogP contribution in [0.3, 0.4) is 0 Å². The molecule has 0 spiro atoms. The molecule has 0 bridgehead atoms. The van der Waals surface area contributed by atoms with Crippen molar-refractivity contribution in [3.8, 4) is 0 Å². The van der Waals surface area contributed by atoms with Crippen molar-refractivity contribution in [3.05, 3.63) is 35.9 Å². The van der Waals surface area contributed by atoms with E-state index in [2.05, 4.69) is 75.2 Å². The van der Waals surface area contributed by atoms with Crippen molar-refractivity contribution in [2.75, 3.05) is 19.6 Å². The van der Waals surface area contributed by atoms with Crippen molar-refractivity contribution in [1.82, 2.24) is 10.2 Å². The molecule has 1 heterocycles. The lowest BCUT2D eigenvalue weighted by Gasteiger charge is -2.43. The Morgan fingerprint density at radius 2 is 1.76 bits per heavy atom. The first-order chi connectivity index (χ1) is 9.99. The summed E-state index contributed by atoms with van der Waals surface area (Å²) in [5, 5.41) is 3.76. The first-order valence-corrected chi connectivity index (χ1v) is 8.51. The number of rotatable bonds is 5. The number of nitrogens with one attached hydrogen (secondary N) is 1. The van der Waals surface area contributed by atoms with E-state index >= 15 is 0 Å². The minimum Gasteiger partial charge on any atom is -0.311 e. The van der Waals surface area contributed by atoms with E-state index in [4.69, 9.17) is 0 Å². The van der Waals surface area contributed by atoms with Crippen molar-refractivity contribution >= 4 is 0 Å². The summed E-state index contributed by atoms with van der Waals surface area (Å²) in [4.78, 5) is 2.71. The molecule has 1 N–H and O–H groups in total. The third kappa shape index (κ3) is 4.31. The number of hydrogen-bond donors (Lipinski definition) is 1. The molecular weight excluding hydrogens is 256 g/mol. The van der Waals surface area contributed by atoms with Crippen LogP contribution in [0.2, 0.25) is 0 Å². The maximum absolute atomic E-state index is 3.76. The second-order valence-corrected chi connectivity index (χ2v) is 7.36. The summed E-state index contributed by atoms with van der Waals surface area (Å²) in [5.74, 6) is 2.18. The van der Waals surface area contributed by atoms with Crippen molar-refractivity contribution in [3.63, 3.8) is 0 Å². The molecule has 1 saturated heterocycles. The van der Waals surface area contributed by atoms with Crippen LogP contribution in [-0.2, 0) is 0 Å². The maximum atomic E-state index is 3.76. The van der Waals surface area contributed by atoms with Crippen LogP contribution in [0.25, 0.3) is 0 Å². The standard InChI is InChI=1S/C19H32N2/c1-14(2)16(5)12-21-13-18(15(3)4)20-11-19(21)17-9-7-6-8-10-17/h6-10,14-16,18-20H,11-13H2,1-5H3. The Balaban J connectivity index is 2.14. The van der Waals surface area contributed by atoms with Crippen molar-refractivity contribution in [2.45, 2.75) is 46.7 Å². The van der Waals surface area contributed by atoms with Crippen LogP contribution in [0.1, 0.15) is 46.2 Å². The molecule has 118 valence electrons. The third-order valence-corrected chi connectivity index (χ3v) is 5.10. The van der Waals surface area contributed by atoms with Gasteiger partial charge in [-0.2, -0.15) is 0 Å². The molecule has 2 heteroatoms. The van der Waals surface area contributed by atoms with E-state index < -0.39 is 0 Å². The number of hydrogen-bond acceptors (Lipinski definition) is 2. The van der Waals surface area contributed by atoms with Crippen molar-refractivity contribution < 1.29 is 0 Å². The summed E-state index contributed by atoms with van der Waals surface area (Å²) < 4.78 is 0. The van der Waals surface area contributed by atoms with Gasteiger partial charge in [-0.25, -0.2) is 0 Å². The van der Waals surface area contributed by atoms with Gasteiger partial charge in [0.05, 0.1) is 0 Å². The Labute approximate surface area is 130 Å². The summed E-state index contributed by atoms with van der Waals surface area (Å²) in [6.07, 6.45) is 0. The molecule has 1 fully saturated rings. The molecule has 0 radical (unpaired) electrons. The lowest BCUT2D eigenvalue weighted by atomic mass is 9.92. The first kappa shape index (κ1) is 16.5. The van der Waals surface area contributed by atoms with Crippen molar-refractivity contribution in [2.24, 2.45) is 17.8 Å². The molecule has 2 rings (SSSR count). The fourth-order valence-electron chi connectivity index (χ4n) is 3.07. The average Bonchev–Trinajstić information content (AvgIpc) is 2.47. The van der Waals surface area contributed by atoms with Gasteiger partial charge in [-0.15, -0.1) is 0 Å². The van der Waals surface area contributed by atoms with E-state index in [1.54, 1.807) is 0 Å². The quantitative estimate of drug-likeness (QED) is 0.882. The highest BCUT2D eigenvalue weighted by molar-refractivity contribution is 5.20. The van der Waals surface area contributed by atoms with Crippen LogP contribution < -0.4 is 5.32 Å². The molecule has 2 nitrogen and oxygen atoms in total. The first-order valence-electron chi connectivity index (χ1n) is 8.51. The number of piperazine rings is 1. The molecule has 0 aliphatic carbocycles. The zero-order valence-electron chi connectivity index (χ0n) is 14.3. The van der Waals surface area contributed by atoms with Gasteiger partial charge in [0.2, 0.25) is 0 Å². The minimum absolute atomic E-state index is 0.516. The predicted molar refractivity (Wildman–Crippen MR) is 91.4 cm³/mol. The summed E-state index contributed by atoms with van der Waals surface area (Å²) in [5.41, 5.74) is 1.45. The minimum atomic E-state index is 0.516. The fourth-order valence-corrected chi connectivity index (χ4v) is 3.07. The Hall–Kier alpha value is -0.860. The second-order valence-electron chi connectivity index (χ2n) is 7.36. The monoisotopic (exact) mass is 288 g/mol. The van der Waals surface area contributed by atoms with Crippen LogP contribution in [0, 0.1) is 17.8 Å². The van der Waals surface area contributed by atoms with Gasteiger partial charge in [-0.05, 0) is 23.3 Å². The van der Waals surface area contributed by atoms with Gasteiger partial charge in [-0.3, -0.25) is 4.90 Å². The smallest absolute Gasteiger partial charge is 0.0473 e. The molecule has 21 heavy (non-hydrogen) atoms. The molecule has 0 amide bonds. The normalized spacial score (nSPS) is 25.5. The molecule has 3 atom stereocenters. The molecule has 1 aliphatic rings. The zero-order valence-corrected chi connectivity index (χ0v) is 14.3. The topological polar surface area (TPSA) is 15.3 Å². The average molecular weight is 288 g/mol. The Morgan fingerprint density at radius 1 is 1.10 bits per heavy atom. The highest BCUT2D eigenvalue weighted by Gasteiger charge is 2.31. The van der Waals surface area contributed by atoms with E-state index in [-0.39, 0.29) is 0 Å². The van der Waals surface area contributed by atoms with Crippen LogP contribution in [0.15, 0.2) is 30.3 Å². The van der Waals surface area contributed by atoms with E-state index in [1.165, 1.54) is 12.1 Å². The Morgan fingerprint density at radius 3 is 2.33 bits per heavy atom. The van der Waals surface area contributed by atoms with Crippen LogP contribution >= 0.6 is 0 Å². The largest absolute Gasteiger partial charge is 0.311 e. The summed E-state index contributed by atoms with van der Waals surface area (Å²) >= 11 is 0. The number of benzene rings is 1. The molecule has 1 aliphatic heterocycles. The molecule has 1 aromatic rings. The van der Waals surface area contributed by atoms with Gasteiger partial charge in [0, 0.05) is 31.7 Å². The van der Waals surface area contributed by atoms with E-state index in [0.717, 1.165) is 24.9 Å². The van der Waals surface area contributed by atoms with E-state index in [9.17, 15) is 0 Å². The van der Waals surface area contributed by atoms with E-state index in [0.29, 0.717) is 18.0 Å². The third-order valence-electron chi connectivity index (χ3n) is 5.10. The summed E-state index contributed by atoms with van der Waals surface area (Å²) in [6, 6.07) is 12.1. The van der Waals surface area contributed by atoms with Crippen LogP contribution in [-0.4, -0.2) is 30.6 Å². The fraction of sp³-hybridized carbons (Fsp3) is 0.684. The zero-order chi connectivity index (χ0) is 15.4. The van der Waals surface area contributed by atoms with Crippen molar-refractivity contribution in [1.29, 1.82) is 0 Å². The van der Waals surface area contributed by atoms with Crippen LogP contribution in [0.5, 0.6) is 0 Å². The SMILES string of the molecule is CC(C)C(C)CN1CC(C(C)C)NCC1c1ccccc1. The molecule has 0 aromatic heterocycles. The van der Waals surface area contributed by atoms with Gasteiger partial charge in [0.1, 0.15) is 0 Å². The molecular formula is C19H32N2. The van der Waals surface area contributed by atoms with Gasteiger partial charge < -0.3 is 5.32 Å². The van der Waals surface area contributed by atoms with Gasteiger partial charge in [0.15, 0.2) is 0 Å². The highest BCUT2D eigenvalue weighted by atomic mass is 15.2. The van der Waals surface area contributed by atoms with Gasteiger partial charge in [-0.1, -0.05) is 65.0 Å². The molecule has 0 saturated carbocycles. The number of nitrogens with zero attached hydrogens (tertiary/aromatic N) is 1. The Bertz CT molecular complexity index is 411. The van der Waals surface area contributed by atoms with Crippen LogP contribution in [0.4, 0.5) is 0 Å². The maximum Gasteiger partial charge on any atom is 0.0473 e. The van der Waals surface area contributed by atoms with E-state index in [1.807, 2.05) is 0 Å². The second kappa shape index (κ2) is 7.42.